The van der Waals surface area contributed by atoms with Crippen molar-refractivity contribution in [3.8, 4) is 5.75 Å². The van der Waals surface area contributed by atoms with Crippen molar-refractivity contribution >= 4 is 11.7 Å². The van der Waals surface area contributed by atoms with E-state index in [9.17, 15) is 18.0 Å². The largest absolute Gasteiger partial charge is 0.497 e. The predicted octanol–water partition coefficient (Wildman–Crippen LogP) is 5.38. The molecule has 0 saturated heterocycles. The second-order valence-corrected chi connectivity index (χ2v) is 6.65. The average molecular weight is 395 g/mol. The predicted molar refractivity (Wildman–Crippen MR) is 101 cm³/mol. The van der Waals surface area contributed by atoms with Crippen molar-refractivity contribution in [1.29, 1.82) is 0 Å². The number of carbonyl (C=O) groups excluding carboxylic acids is 1. The van der Waals surface area contributed by atoms with Crippen molar-refractivity contribution in [2.24, 2.45) is 0 Å². The first-order valence-corrected chi connectivity index (χ1v) is 8.93. The van der Waals surface area contributed by atoms with Gasteiger partial charge < -0.3 is 14.8 Å². The Hall–Kier alpha value is -2.70. The van der Waals surface area contributed by atoms with Gasteiger partial charge in [-0.2, -0.15) is 13.2 Å². The number of ether oxygens (including phenoxy) is 2. The summed E-state index contributed by atoms with van der Waals surface area (Å²) in [6.07, 6.45) is -4.74. The summed E-state index contributed by atoms with van der Waals surface area (Å²) < 4.78 is 50.2. The Balaban J connectivity index is 2.55. The van der Waals surface area contributed by atoms with Crippen LogP contribution in [0.2, 0.25) is 0 Å². The topological polar surface area (TPSA) is 47.6 Å². The van der Waals surface area contributed by atoms with Gasteiger partial charge in [0.05, 0.1) is 18.8 Å². The summed E-state index contributed by atoms with van der Waals surface area (Å²) in [7, 11) is 1.53. The van der Waals surface area contributed by atoms with Gasteiger partial charge in [0.25, 0.3) is 0 Å². The van der Waals surface area contributed by atoms with Crippen molar-refractivity contribution in [3.05, 3.63) is 59.7 Å². The summed E-state index contributed by atoms with van der Waals surface area (Å²) >= 11 is 0. The molecule has 0 bridgehead atoms. The van der Waals surface area contributed by atoms with Crippen molar-refractivity contribution in [3.63, 3.8) is 0 Å². The first kappa shape index (κ1) is 21.6. The number of halogens is 3. The Bertz CT molecular complexity index is 803. The van der Waals surface area contributed by atoms with Crippen LogP contribution in [0.15, 0.2) is 48.5 Å². The van der Waals surface area contributed by atoms with Crippen LogP contribution in [0.25, 0.3) is 0 Å². The molecule has 0 aliphatic carbocycles. The van der Waals surface area contributed by atoms with E-state index >= 15 is 0 Å². The molecule has 0 spiro atoms. The van der Waals surface area contributed by atoms with E-state index in [1.54, 1.807) is 45.0 Å². The van der Waals surface area contributed by atoms with Gasteiger partial charge in [0, 0.05) is 5.69 Å². The van der Waals surface area contributed by atoms with Gasteiger partial charge in [-0.25, -0.2) is 4.79 Å². The fraction of sp³-hybridized carbons (Fsp3) is 0.381. The quantitative estimate of drug-likeness (QED) is 0.639. The van der Waals surface area contributed by atoms with Gasteiger partial charge in [0.2, 0.25) is 0 Å². The highest BCUT2D eigenvalue weighted by Gasteiger charge is 2.42. The number of benzene rings is 2. The summed E-state index contributed by atoms with van der Waals surface area (Å²) in [5.74, 6) is -0.0170. The van der Waals surface area contributed by atoms with Gasteiger partial charge in [0.1, 0.15) is 5.75 Å². The van der Waals surface area contributed by atoms with Crippen LogP contribution in [-0.2, 0) is 21.2 Å². The summed E-state index contributed by atoms with van der Waals surface area (Å²) in [6, 6.07) is 11.5. The zero-order valence-corrected chi connectivity index (χ0v) is 16.3. The highest BCUT2D eigenvalue weighted by atomic mass is 19.4. The standard InChI is InChI=1S/C21H24F3NO3/c1-5-20(19(26)28-14(2)3,25-17-9-11-18(27-4)12-10-17)15-7-6-8-16(13-15)21(22,23)24/h6-14,25H,5H2,1-4H3/t20-/m0/s1. The van der Waals surface area contributed by atoms with Crippen molar-refractivity contribution in [2.45, 2.75) is 45.0 Å². The number of anilines is 1. The van der Waals surface area contributed by atoms with E-state index < -0.39 is 29.4 Å². The minimum Gasteiger partial charge on any atom is -0.497 e. The fourth-order valence-corrected chi connectivity index (χ4v) is 2.87. The van der Waals surface area contributed by atoms with Crippen molar-refractivity contribution in [2.75, 3.05) is 12.4 Å². The van der Waals surface area contributed by atoms with E-state index in [-0.39, 0.29) is 12.0 Å². The molecule has 7 heteroatoms. The summed E-state index contributed by atoms with van der Waals surface area (Å²) in [5, 5.41) is 3.10. The van der Waals surface area contributed by atoms with Crippen LogP contribution in [0.3, 0.4) is 0 Å². The minimum atomic E-state index is -4.52. The first-order valence-electron chi connectivity index (χ1n) is 8.93. The van der Waals surface area contributed by atoms with Crippen LogP contribution < -0.4 is 10.1 Å². The van der Waals surface area contributed by atoms with Crippen LogP contribution in [0, 0.1) is 0 Å². The van der Waals surface area contributed by atoms with E-state index in [2.05, 4.69) is 5.32 Å². The molecule has 1 atom stereocenters. The van der Waals surface area contributed by atoms with E-state index in [4.69, 9.17) is 9.47 Å². The highest BCUT2D eigenvalue weighted by molar-refractivity contribution is 5.86. The third-order valence-electron chi connectivity index (χ3n) is 4.35. The number of alkyl halides is 3. The number of carbonyl (C=O) groups is 1. The van der Waals surface area contributed by atoms with Crippen molar-refractivity contribution < 1.29 is 27.4 Å². The van der Waals surface area contributed by atoms with Gasteiger partial charge in [-0.3, -0.25) is 0 Å². The number of rotatable bonds is 7. The molecule has 0 aliphatic rings. The third-order valence-corrected chi connectivity index (χ3v) is 4.35. The van der Waals surface area contributed by atoms with E-state index in [0.29, 0.717) is 11.4 Å². The summed E-state index contributed by atoms with van der Waals surface area (Å²) in [6.45, 7) is 5.11. The first-order chi connectivity index (χ1) is 13.1. The SMILES string of the molecule is CC[C@@](Nc1ccc(OC)cc1)(C(=O)OC(C)C)c1cccc(C(F)(F)F)c1. The lowest BCUT2D eigenvalue weighted by molar-refractivity contribution is -0.153. The molecule has 28 heavy (non-hydrogen) atoms. The molecule has 0 amide bonds. The van der Waals surface area contributed by atoms with E-state index in [0.717, 1.165) is 12.1 Å². The Morgan fingerprint density at radius 2 is 1.68 bits per heavy atom. The number of hydrogen-bond donors (Lipinski definition) is 1. The maximum absolute atomic E-state index is 13.2. The summed E-state index contributed by atoms with van der Waals surface area (Å²) in [4.78, 5) is 13.0. The molecule has 0 saturated carbocycles. The maximum Gasteiger partial charge on any atom is 0.416 e. The Morgan fingerprint density at radius 3 is 2.18 bits per heavy atom. The fourth-order valence-electron chi connectivity index (χ4n) is 2.87. The highest BCUT2D eigenvalue weighted by Crippen LogP contribution is 2.36. The zero-order chi connectivity index (χ0) is 20.9. The smallest absolute Gasteiger partial charge is 0.416 e. The number of nitrogens with one attached hydrogen (secondary N) is 1. The van der Waals surface area contributed by atoms with Crippen LogP contribution in [0.1, 0.15) is 38.3 Å². The van der Waals surface area contributed by atoms with Crippen LogP contribution in [-0.4, -0.2) is 19.2 Å². The second-order valence-electron chi connectivity index (χ2n) is 6.65. The molecule has 0 aromatic heterocycles. The monoisotopic (exact) mass is 395 g/mol. The molecule has 2 aromatic carbocycles. The molecule has 4 nitrogen and oxygen atoms in total. The maximum atomic E-state index is 13.2. The molecule has 2 aromatic rings. The molecule has 152 valence electrons. The molecule has 0 unspecified atom stereocenters. The molecule has 0 heterocycles. The lowest BCUT2D eigenvalue weighted by Gasteiger charge is -2.34. The molecule has 0 aliphatic heterocycles. The normalized spacial score (nSPS) is 13.7. The van der Waals surface area contributed by atoms with Gasteiger partial charge in [0.15, 0.2) is 5.54 Å². The summed E-state index contributed by atoms with van der Waals surface area (Å²) in [5.41, 5.74) is -1.55. The Labute approximate surface area is 162 Å². The lowest BCUT2D eigenvalue weighted by atomic mass is 9.85. The van der Waals surface area contributed by atoms with Crippen LogP contribution in [0.5, 0.6) is 5.75 Å². The Kier molecular flexibility index (Phi) is 6.59. The molecule has 0 radical (unpaired) electrons. The van der Waals surface area contributed by atoms with E-state index in [1.165, 1.54) is 19.2 Å². The molecule has 0 fully saturated rings. The number of hydrogen-bond acceptors (Lipinski definition) is 4. The van der Waals surface area contributed by atoms with Gasteiger partial charge >= 0.3 is 12.1 Å². The minimum absolute atomic E-state index is 0.186. The molecule has 2 rings (SSSR count). The van der Waals surface area contributed by atoms with Crippen molar-refractivity contribution in [1.82, 2.24) is 0 Å². The number of methoxy groups -OCH3 is 1. The number of esters is 1. The van der Waals surface area contributed by atoms with Crippen LogP contribution in [0.4, 0.5) is 18.9 Å². The van der Waals surface area contributed by atoms with Gasteiger partial charge in [-0.15, -0.1) is 0 Å². The van der Waals surface area contributed by atoms with E-state index in [1.807, 2.05) is 0 Å². The lowest BCUT2D eigenvalue weighted by Crippen LogP contribution is -2.45. The molecule has 1 N–H and O–H groups in total. The molecular formula is C21H24F3NO3. The van der Waals surface area contributed by atoms with Crippen LogP contribution >= 0.6 is 0 Å². The average Bonchev–Trinajstić information content (AvgIpc) is 2.65. The Morgan fingerprint density at radius 1 is 1.07 bits per heavy atom. The second kappa shape index (κ2) is 8.54. The van der Waals surface area contributed by atoms with Gasteiger partial charge in [-0.1, -0.05) is 19.1 Å². The zero-order valence-electron chi connectivity index (χ0n) is 16.3. The third kappa shape index (κ3) is 4.77. The molecular weight excluding hydrogens is 371 g/mol. The van der Waals surface area contributed by atoms with Gasteiger partial charge in [-0.05, 0) is 62.2 Å².